The first-order valence-electron chi connectivity index (χ1n) is 7.04. The van der Waals surface area contributed by atoms with Gasteiger partial charge >= 0.3 is 0 Å². The smallest absolute Gasteiger partial charge is 0.269 e. The predicted molar refractivity (Wildman–Crippen MR) is 91.6 cm³/mol. The van der Waals surface area contributed by atoms with Gasteiger partial charge in [-0.25, -0.2) is 4.68 Å². The quantitative estimate of drug-likeness (QED) is 0.465. The molecule has 0 amide bonds. The zero-order valence-corrected chi connectivity index (χ0v) is 13.0. The van der Waals surface area contributed by atoms with Gasteiger partial charge in [-0.1, -0.05) is 12.2 Å². The van der Waals surface area contributed by atoms with Gasteiger partial charge in [0.2, 0.25) is 0 Å². The molecule has 1 aromatic carbocycles. The van der Waals surface area contributed by atoms with Crippen molar-refractivity contribution in [2.45, 2.75) is 0 Å². The maximum Gasteiger partial charge on any atom is 0.269 e. The minimum atomic E-state index is -0.414. The van der Waals surface area contributed by atoms with Crippen molar-refractivity contribution >= 4 is 11.9 Å². The molecule has 0 saturated carbocycles. The third-order valence-electron chi connectivity index (χ3n) is 2.94. The van der Waals surface area contributed by atoms with Crippen LogP contribution in [0.3, 0.4) is 0 Å². The lowest BCUT2D eigenvalue weighted by Gasteiger charge is -2.00. The SMILES string of the molecule is CN(C)C=CC=CC=Cn1ccc(-c2ccc([N+](=O)[O-])cc2)n1. The zero-order chi connectivity index (χ0) is 16.7. The van der Waals surface area contributed by atoms with E-state index in [1.807, 2.05) is 68.0 Å². The van der Waals surface area contributed by atoms with E-state index in [2.05, 4.69) is 5.10 Å². The van der Waals surface area contributed by atoms with Crippen LogP contribution in [0.4, 0.5) is 5.69 Å². The molecular formula is C17H18N4O2. The van der Waals surface area contributed by atoms with Crippen LogP contribution in [0.25, 0.3) is 17.5 Å². The maximum absolute atomic E-state index is 10.6. The molecule has 0 N–H and O–H groups in total. The summed E-state index contributed by atoms with van der Waals surface area (Å²) in [6.45, 7) is 0. The molecule has 0 unspecified atom stereocenters. The van der Waals surface area contributed by atoms with E-state index < -0.39 is 4.92 Å². The highest BCUT2D eigenvalue weighted by molar-refractivity contribution is 5.60. The first-order chi connectivity index (χ1) is 11.1. The normalized spacial score (nSPS) is 11.7. The molecule has 2 rings (SSSR count). The Hall–Kier alpha value is -3.15. The van der Waals surface area contributed by atoms with Crippen LogP contribution >= 0.6 is 0 Å². The van der Waals surface area contributed by atoms with Crippen LogP contribution in [0.2, 0.25) is 0 Å². The van der Waals surface area contributed by atoms with Crippen molar-refractivity contribution in [1.29, 1.82) is 0 Å². The molecule has 0 aliphatic heterocycles. The lowest BCUT2D eigenvalue weighted by Crippen LogP contribution is -1.99. The number of non-ortho nitro benzene ring substituents is 1. The van der Waals surface area contributed by atoms with E-state index in [-0.39, 0.29) is 5.69 Å². The predicted octanol–water partition coefficient (Wildman–Crippen LogP) is 3.56. The number of allylic oxidation sites excluding steroid dienone is 4. The van der Waals surface area contributed by atoms with Crippen molar-refractivity contribution in [3.05, 3.63) is 77.1 Å². The second-order valence-electron chi connectivity index (χ2n) is 5.02. The maximum atomic E-state index is 10.6. The topological polar surface area (TPSA) is 64.2 Å². The number of benzene rings is 1. The number of aromatic nitrogens is 2. The molecular weight excluding hydrogens is 292 g/mol. The van der Waals surface area contributed by atoms with Crippen LogP contribution in [0.1, 0.15) is 0 Å². The first-order valence-corrected chi connectivity index (χ1v) is 7.04. The van der Waals surface area contributed by atoms with E-state index in [0.717, 1.165) is 11.3 Å². The van der Waals surface area contributed by atoms with Gasteiger partial charge in [0.05, 0.1) is 10.6 Å². The van der Waals surface area contributed by atoms with Gasteiger partial charge in [0.1, 0.15) is 0 Å². The van der Waals surface area contributed by atoms with Crippen molar-refractivity contribution in [2.24, 2.45) is 0 Å². The van der Waals surface area contributed by atoms with E-state index in [1.54, 1.807) is 16.8 Å². The summed E-state index contributed by atoms with van der Waals surface area (Å²) in [6.07, 6.45) is 13.3. The van der Waals surface area contributed by atoms with Crippen LogP contribution < -0.4 is 0 Å². The van der Waals surface area contributed by atoms with Gasteiger partial charge in [-0.2, -0.15) is 5.10 Å². The molecule has 0 spiro atoms. The average molecular weight is 310 g/mol. The number of nitrogens with zero attached hydrogens (tertiary/aromatic N) is 4. The molecule has 0 fully saturated rings. The second-order valence-corrected chi connectivity index (χ2v) is 5.02. The van der Waals surface area contributed by atoms with Crippen LogP contribution in [0.15, 0.2) is 67.0 Å². The summed E-state index contributed by atoms with van der Waals surface area (Å²) >= 11 is 0. The third kappa shape index (κ3) is 4.96. The highest BCUT2D eigenvalue weighted by Crippen LogP contribution is 2.20. The Bertz CT molecular complexity index is 740. The fourth-order valence-electron chi connectivity index (χ4n) is 1.82. The van der Waals surface area contributed by atoms with Crippen molar-refractivity contribution in [3.8, 4) is 11.3 Å². The highest BCUT2D eigenvalue weighted by atomic mass is 16.6. The van der Waals surface area contributed by atoms with Crippen molar-refractivity contribution in [3.63, 3.8) is 0 Å². The Morgan fingerprint density at radius 1 is 1.09 bits per heavy atom. The van der Waals surface area contributed by atoms with Gasteiger partial charge in [0, 0.05) is 44.2 Å². The molecule has 118 valence electrons. The van der Waals surface area contributed by atoms with E-state index in [4.69, 9.17) is 0 Å². The van der Waals surface area contributed by atoms with E-state index in [0.29, 0.717) is 0 Å². The Morgan fingerprint density at radius 3 is 2.43 bits per heavy atom. The summed E-state index contributed by atoms with van der Waals surface area (Å²) in [5.74, 6) is 0. The minimum absolute atomic E-state index is 0.0731. The molecule has 23 heavy (non-hydrogen) atoms. The van der Waals surface area contributed by atoms with Gasteiger partial charge in [0.15, 0.2) is 0 Å². The van der Waals surface area contributed by atoms with Crippen LogP contribution in [0, 0.1) is 10.1 Å². The standard InChI is InChI=1S/C17H18N4O2/c1-19(2)12-5-3-4-6-13-20-14-11-17(18-20)15-7-9-16(10-8-15)21(22)23/h3-14H,1-2H3. The first kappa shape index (κ1) is 16.2. The Balaban J connectivity index is 2.01. The zero-order valence-electron chi connectivity index (χ0n) is 13.0. The fraction of sp³-hybridized carbons (Fsp3) is 0.118. The van der Waals surface area contributed by atoms with Gasteiger partial charge in [-0.3, -0.25) is 10.1 Å². The van der Waals surface area contributed by atoms with Gasteiger partial charge < -0.3 is 4.90 Å². The molecule has 6 nitrogen and oxygen atoms in total. The van der Waals surface area contributed by atoms with Crippen LogP contribution in [-0.2, 0) is 0 Å². The average Bonchev–Trinajstić information content (AvgIpc) is 2.99. The number of nitro groups is 1. The lowest BCUT2D eigenvalue weighted by molar-refractivity contribution is -0.384. The molecule has 0 saturated heterocycles. The molecule has 1 heterocycles. The lowest BCUT2D eigenvalue weighted by atomic mass is 10.1. The summed E-state index contributed by atoms with van der Waals surface area (Å²) in [7, 11) is 3.92. The van der Waals surface area contributed by atoms with Gasteiger partial charge in [0.25, 0.3) is 5.69 Å². The summed E-state index contributed by atoms with van der Waals surface area (Å²) < 4.78 is 1.69. The Kier molecular flexibility index (Phi) is 5.46. The second kappa shape index (κ2) is 7.74. The molecule has 6 heteroatoms. The largest absolute Gasteiger partial charge is 0.383 e. The summed E-state index contributed by atoms with van der Waals surface area (Å²) in [6, 6.07) is 8.20. The van der Waals surface area contributed by atoms with Gasteiger partial charge in [-0.05, 0) is 36.6 Å². The summed E-state index contributed by atoms with van der Waals surface area (Å²) in [5, 5.41) is 15.0. The van der Waals surface area contributed by atoms with E-state index in [1.165, 1.54) is 12.1 Å². The molecule has 2 aromatic rings. The van der Waals surface area contributed by atoms with E-state index in [9.17, 15) is 10.1 Å². The van der Waals surface area contributed by atoms with Gasteiger partial charge in [-0.15, -0.1) is 0 Å². The fourth-order valence-corrected chi connectivity index (χ4v) is 1.82. The molecule has 0 atom stereocenters. The summed E-state index contributed by atoms with van der Waals surface area (Å²) in [4.78, 5) is 12.2. The van der Waals surface area contributed by atoms with Crippen LogP contribution in [-0.4, -0.2) is 33.7 Å². The van der Waals surface area contributed by atoms with Crippen molar-refractivity contribution < 1.29 is 4.92 Å². The van der Waals surface area contributed by atoms with E-state index >= 15 is 0 Å². The Morgan fingerprint density at radius 2 is 1.78 bits per heavy atom. The molecule has 1 aromatic heterocycles. The highest BCUT2D eigenvalue weighted by Gasteiger charge is 2.06. The molecule has 0 aliphatic rings. The molecule has 0 bridgehead atoms. The van der Waals surface area contributed by atoms with Crippen LogP contribution in [0.5, 0.6) is 0 Å². The van der Waals surface area contributed by atoms with Crippen molar-refractivity contribution in [2.75, 3.05) is 14.1 Å². The monoisotopic (exact) mass is 310 g/mol. The molecule has 0 radical (unpaired) electrons. The third-order valence-corrected chi connectivity index (χ3v) is 2.94. The number of hydrogen-bond acceptors (Lipinski definition) is 4. The molecule has 0 aliphatic carbocycles. The number of rotatable bonds is 6. The summed E-state index contributed by atoms with van der Waals surface area (Å²) in [5.41, 5.74) is 1.68. The number of nitro benzene ring substituents is 1. The van der Waals surface area contributed by atoms with Crippen molar-refractivity contribution in [1.82, 2.24) is 14.7 Å². The Labute approximate surface area is 134 Å². The number of hydrogen-bond donors (Lipinski definition) is 0. The minimum Gasteiger partial charge on any atom is -0.383 e.